The van der Waals surface area contributed by atoms with Crippen LogP contribution in [0.2, 0.25) is 0 Å². The van der Waals surface area contributed by atoms with Crippen molar-refractivity contribution in [2.24, 2.45) is 5.10 Å². The van der Waals surface area contributed by atoms with Gasteiger partial charge in [-0.3, -0.25) is 4.79 Å². The molecular weight excluding hydrogens is 556 g/mol. The first-order valence-electron chi connectivity index (χ1n) is 10.9. The van der Waals surface area contributed by atoms with Crippen molar-refractivity contribution in [3.63, 3.8) is 0 Å². The average molecular weight is 580 g/mol. The highest BCUT2D eigenvalue weighted by atomic mass is 79.9. The number of carbonyl (C=O) groups is 1. The van der Waals surface area contributed by atoms with Crippen LogP contribution in [0, 0.1) is 13.8 Å². The van der Waals surface area contributed by atoms with Gasteiger partial charge in [0, 0.05) is 0 Å². The summed E-state index contributed by atoms with van der Waals surface area (Å²) in [4.78, 5) is 12.3. The van der Waals surface area contributed by atoms with Crippen LogP contribution in [-0.4, -0.2) is 12.1 Å². The van der Waals surface area contributed by atoms with Gasteiger partial charge in [-0.2, -0.15) is 5.10 Å². The second kappa shape index (κ2) is 11.0. The van der Waals surface area contributed by atoms with Gasteiger partial charge in [0.05, 0.1) is 21.6 Å². The molecule has 0 saturated heterocycles. The summed E-state index contributed by atoms with van der Waals surface area (Å²) < 4.78 is 7.73. The van der Waals surface area contributed by atoms with Crippen LogP contribution in [0.5, 0.6) is 5.75 Å². The molecule has 0 saturated carbocycles. The predicted molar refractivity (Wildman–Crippen MR) is 145 cm³/mol. The van der Waals surface area contributed by atoms with E-state index in [9.17, 15) is 4.79 Å². The minimum absolute atomic E-state index is 0.156. The summed E-state index contributed by atoms with van der Waals surface area (Å²) in [5.41, 5.74) is 7.83. The molecule has 0 aliphatic carbocycles. The van der Waals surface area contributed by atoms with Gasteiger partial charge < -0.3 is 4.74 Å². The average Bonchev–Trinajstić information content (AvgIpc) is 2.80. The van der Waals surface area contributed by atoms with Gasteiger partial charge in [0.2, 0.25) is 5.91 Å². The number of hydrogen-bond acceptors (Lipinski definition) is 3. The monoisotopic (exact) mass is 578 g/mol. The number of rotatable bonds is 7. The summed E-state index contributed by atoms with van der Waals surface area (Å²) in [6, 6.07) is 24.4. The SMILES string of the molecule is Cc1ccc(CC(=O)N/N=C\c2cc(Br)c(OCc3cccc4ccccc34)c(Br)c2)c(C)c1. The molecule has 0 spiro atoms. The molecule has 1 amide bonds. The van der Waals surface area contributed by atoms with Gasteiger partial charge in [-0.05, 0) is 90.9 Å². The Labute approximate surface area is 216 Å². The Morgan fingerprint density at radius 3 is 2.44 bits per heavy atom. The first-order valence-corrected chi connectivity index (χ1v) is 12.5. The van der Waals surface area contributed by atoms with E-state index in [1.54, 1.807) is 6.21 Å². The molecule has 172 valence electrons. The molecule has 0 fully saturated rings. The van der Waals surface area contributed by atoms with Crippen LogP contribution >= 0.6 is 31.9 Å². The highest BCUT2D eigenvalue weighted by Gasteiger charge is 2.10. The molecule has 4 aromatic carbocycles. The second-order valence-electron chi connectivity index (χ2n) is 8.14. The lowest BCUT2D eigenvalue weighted by Gasteiger charge is -2.13. The third-order valence-electron chi connectivity index (χ3n) is 5.52. The number of carbonyl (C=O) groups excluding carboxylic acids is 1. The molecule has 6 heteroatoms. The Balaban J connectivity index is 1.40. The molecule has 4 rings (SSSR count). The van der Waals surface area contributed by atoms with Crippen molar-refractivity contribution >= 4 is 54.8 Å². The second-order valence-corrected chi connectivity index (χ2v) is 9.85. The number of hydrogen-bond donors (Lipinski definition) is 1. The molecule has 0 bridgehead atoms. The Morgan fingerprint density at radius 1 is 0.941 bits per heavy atom. The van der Waals surface area contributed by atoms with Gasteiger partial charge in [0.25, 0.3) is 0 Å². The molecule has 1 N–H and O–H groups in total. The first kappa shape index (κ1) is 24.2. The van der Waals surface area contributed by atoms with Crippen LogP contribution in [0.1, 0.15) is 27.8 Å². The number of hydrazone groups is 1. The van der Waals surface area contributed by atoms with E-state index < -0.39 is 0 Å². The number of benzene rings is 4. The van der Waals surface area contributed by atoms with Gasteiger partial charge >= 0.3 is 0 Å². The van der Waals surface area contributed by atoms with Crippen molar-refractivity contribution in [1.29, 1.82) is 0 Å². The fourth-order valence-electron chi connectivity index (χ4n) is 3.80. The van der Waals surface area contributed by atoms with E-state index in [1.807, 2.05) is 56.3 Å². The van der Waals surface area contributed by atoms with Crippen molar-refractivity contribution in [3.8, 4) is 5.75 Å². The number of amides is 1. The minimum Gasteiger partial charge on any atom is -0.487 e. The number of nitrogens with zero attached hydrogens (tertiary/aromatic N) is 1. The van der Waals surface area contributed by atoms with E-state index in [0.717, 1.165) is 31.2 Å². The van der Waals surface area contributed by atoms with E-state index in [2.05, 4.69) is 72.7 Å². The third-order valence-corrected chi connectivity index (χ3v) is 6.70. The predicted octanol–water partition coefficient (Wildman–Crippen LogP) is 7.25. The highest BCUT2D eigenvalue weighted by molar-refractivity contribution is 9.11. The van der Waals surface area contributed by atoms with Gasteiger partial charge in [-0.1, -0.05) is 66.2 Å². The zero-order valence-corrected chi connectivity index (χ0v) is 22.1. The van der Waals surface area contributed by atoms with Crippen molar-refractivity contribution in [3.05, 3.63) is 110 Å². The van der Waals surface area contributed by atoms with Crippen molar-refractivity contribution in [2.75, 3.05) is 0 Å². The Kier molecular flexibility index (Phi) is 7.80. The van der Waals surface area contributed by atoms with Crippen LogP contribution in [0.4, 0.5) is 0 Å². The quantitative estimate of drug-likeness (QED) is 0.185. The smallest absolute Gasteiger partial charge is 0.244 e. The van der Waals surface area contributed by atoms with Crippen LogP contribution in [0.3, 0.4) is 0 Å². The standard InChI is InChI=1S/C28H24Br2N2O2/c1-18-10-11-22(19(2)12-18)15-27(33)32-31-16-20-13-25(29)28(26(30)14-20)34-17-23-8-5-7-21-6-3-4-9-24(21)23/h3-14,16H,15,17H2,1-2H3,(H,32,33)/b31-16-. The summed E-state index contributed by atoms with van der Waals surface area (Å²) in [7, 11) is 0. The lowest BCUT2D eigenvalue weighted by Crippen LogP contribution is -2.20. The summed E-state index contributed by atoms with van der Waals surface area (Å²) in [5, 5.41) is 6.48. The topological polar surface area (TPSA) is 50.7 Å². The van der Waals surface area contributed by atoms with E-state index in [1.165, 1.54) is 16.3 Å². The van der Waals surface area contributed by atoms with Gasteiger partial charge in [-0.15, -0.1) is 0 Å². The summed E-state index contributed by atoms with van der Waals surface area (Å²) in [6.07, 6.45) is 1.90. The molecule has 0 aliphatic rings. The van der Waals surface area contributed by atoms with Crippen LogP contribution in [0.15, 0.2) is 86.8 Å². The maximum absolute atomic E-state index is 12.3. The normalized spacial score (nSPS) is 11.2. The van der Waals surface area contributed by atoms with Crippen molar-refractivity contribution < 1.29 is 9.53 Å². The number of aryl methyl sites for hydroxylation is 2. The van der Waals surface area contributed by atoms with Crippen molar-refractivity contribution in [1.82, 2.24) is 5.43 Å². The summed E-state index contributed by atoms with van der Waals surface area (Å²) in [5.74, 6) is 0.556. The number of ether oxygens (including phenoxy) is 1. The Hall–Kier alpha value is -2.96. The summed E-state index contributed by atoms with van der Waals surface area (Å²) >= 11 is 7.19. The van der Waals surface area contributed by atoms with Gasteiger partial charge in [0.1, 0.15) is 12.4 Å². The van der Waals surface area contributed by atoms with Crippen LogP contribution < -0.4 is 10.2 Å². The van der Waals surface area contributed by atoms with E-state index >= 15 is 0 Å². The molecule has 34 heavy (non-hydrogen) atoms. The maximum atomic E-state index is 12.3. The molecule has 0 heterocycles. The van der Waals surface area contributed by atoms with Crippen LogP contribution in [0.25, 0.3) is 10.8 Å². The zero-order valence-electron chi connectivity index (χ0n) is 18.9. The third kappa shape index (κ3) is 5.93. The van der Waals surface area contributed by atoms with Crippen LogP contribution in [-0.2, 0) is 17.8 Å². The Bertz CT molecular complexity index is 1350. The highest BCUT2D eigenvalue weighted by Crippen LogP contribution is 2.35. The lowest BCUT2D eigenvalue weighted by atomic mass is 10.0. The molecule has 0 unspecified atom stereocenters. The lowest BCUT2D eigenvalue weighted by molar-refractivity contribution is -0.120. The van der Waals surface area contributed by atoms with Gasteiger partial charge in [-0.25, -0.2) is 5.43 Å². The molecule has 0 aliphatic heterocycles. The van der Waals surface area contributed by atoms with E-state index in [0.29, 0.717) is 12.4 Å². The molecule has 0 atom stereocenters. The van der Waals surface area contributed by atoms with E-state index in [4.69, 9.17) is 4.74 Å². The molecule has 0 radical (unpaired) electrons. The molecule has 4 nitrogen and oxygen atoms in total. The minimum atomic E-state index is -0.156. The number of nitrogens with one attached hydrogen (secondary N) is 1. The number of halogens is 2. The number of fused-ring (bicyclic) bond motifs is 1. The van der Waals surface area contributed by atoms with Gasteiger partial charge in [0.15, 0.2) is 0 Å². The van der Waals surface area contributed by atoms with E-state index in [-0.39, 0.29) is 12.3 Å². The maximum Gasteiger partial charge on any atom is 0.244 e. The fourth-order valence-corrected chi connectivity index (χ4v) is 5.25. The summed E-state index contributed by atoms with van der Waals surface area (Å²) in [6.45, 7) is 4.50. The largest absolute Gasteiger partial charge is 0.487 e. The Morgan fingerprint density at radius 2 is 1.68 bits per heavy atom. The molecule has 4 aromatic rings. The molecule has 0 aromatic heterocycles. The van der Waals surface area contributed by atoms with Crippen molar-refractivity contribution in [2.45, 2.75) is 26.9 Å². The zero-order chi connectivity index (χ0) is 24.1. The first-order chi connectivity index (χ1) is 16.4. The fraction of sp³-hybridized carbons (Fsp3) is 0.143. The molecular formula is C28H24Br2N2O2.